The van der Waals surface area contributed by atoms with Gasteiger partial charge in [0.2, 0.25) is 5.91 Å². The molecule has 3 amide bonds. The first-order chi connectivity index (χ1) is 15.8. The first-order valence-corrected chi connectivity index (χ1v) is 12.5. The van der Waals surface area contributed by atoms with Crippen LogP contribution in [0.5, 0.6) is 5.75 Å². The molecule has 0 bridgehead atoms. The highest BCUT2D eigenvalue weighted by Gasteiger charge is 2.34. The molecule has 3 rings (SSSR count). The number of rotatable bonds is 9. The predicted molar refractivity (Wildman–Crippen MR) is 129 cm³/mol. The highest BCUT2D eigenvalue weighted by atomic mass is 32.1. The van der Waals surface area contributed by atoms with E-state index in [1.165, 1.54) is 10.9 Å². The third kappa shape index (κ3) is 6.47. The van der Waals surface area contributed by atoms with E-state index in [0.29, 0.717) is 13.1 Å². The summed E-state index contributed by atoms with van der Waals surface area (Å²) in [5, 5.41) is 4.92. The van der Waals surface area contributed by atoms with E-state index in [1.54, 1.807) is 39.3 Å². The van der Waals surface area contributed by atoms with Gasteiger partial charge in [0.15, 0.2) is 11.6 Å². The largest absolute Gasteiger partial charge is 0.488 e. The van der Waals surface area contributed by atoms with Gasteiger partial charge in [-0.2, -0.15) is 0 Å². The van der Waals surface area contributed by atoms with E-state index in [-0.39, 0.29) is 48.8 Å². The molecule has 33 heavy (non-hydrogen) atoms. The molecule has 0 radical (unpaired) electrons. The monoisotopic (exact) mass is 475 g/mol. The number of amides is 3. The van der Waals surface area contributed by atoms with Crippen LogP contribution in [0.2, 0.25) is 0 Å². The van der Waals surface area contributed by atoms with Crippen molar-refractivity contribution in [2.24, 2.45) is 5.92 Å². The van der Waals surface area contributed by atoms with Gasteiger partial charge in [-0.15, -0.1) is 11.3 Å². The number of thiophene rings is 1. The fraction of sp³-hybridized carbons (Fsp3) is 0.520. The third-order valence-electron chi connectivity index (χ3n) is 5.90. The number of carbonyl (C=O) groups is 2. The average Bonchev–Trinajstić information content (AvgIpc) is 3.26. The van der Waals surface area contributed by atoms with Gasteiger partial charge in [0.05, 0.1) is 6.04 Å². The highest BCUT2D eigenvalue weighted by Crippen LogP contribution is 2.34. The maximum atomic E-state index is 14.1. The number of para-hydroxylation sites is 1. The van der Waals surface area contributed by atoms with Crippen molar-refractivity contribution in [3.63, 3.8) is 0 Å². The van der Waals surface area contributed by atoms with E-state index in [1.807, 2.05) is 25.3 Å². The molecule has 0 spiro atoms. The van der Waals surface area contributed by atoms with Crippen molar-refractivity contribution < 1.29 is 18.7 Å². The highest BCUT2D eigenvalue weighted by molar-refractivity contribution is 7.10. The standard InChI is InChI=1S/C25H34FN3O3S/c1-5-18(4)14-28(25(31)27-17(2)3)15-24(30)29-12-10-23-19(11-13-33-23)21(29)16-32-22-9-7-6-8-20(22)26/h6-9,11,13,17-18,21H,5,10,12,14-16H2,1-4H3,(H,27,31)/t18-,21-/m0/s1. The zero-order valence-corrected chi connectivity index (χ0v) is 20.7. The number of urea groups is 1. The number of ether oxygens (including phenoxy) is 1. The lowest BCUT2D eigenvalue weighted by molar-refractivity contribution is -0.135. The van der Waals surface area contributed by atoms with Crippen molar-refractivity contribution in [3.8, 4) is 5.75 Å². The van der Waals surface area contributed by atoms with Gasteiger partial charge < -0.3 is 19.9 Å². The van der Waals surface area contributed by atoms with Crippen molar-refractivity contribution in [1.29, 1.82) is 0 Å². The van der Waals surface area contributed by atoms with Crippen molar-refractivity contribution in [2.45, 2.75) is 52.6 Å². The van der Waals surface area contributed by atoms with Crippen LogP contribution in [0.3, 0.4) is 0 Å². The molecule has 1 aromatic heterocycles. The van der Waals surface area contributed by atoms with Gasteiger partial charge >= 0.3 is 6.03 Å². The SMILES string of the molecule is CC[C@H](C)CN(CC(=O)N1CCc2sccc2[C@@H]1COc1ccccc1F)C(=O)NC(C)C. The van der Waals surface area contributed by atoms with Crippen molar-refractivity contribution in [1.82, 2.24) is 15.1 Å². The van der Waals surface area contributed by atoms with Crippen LogP contribution in [0.1, 0.15) is 50.6 Å². The summed E-state index contributed by atoms with van der Waals surface area (Å²) in [6.45, 7) is 9.15. The summed E-state index contributed by atoms with van der Waals surface area (Å²) in [5.74, 6) is -0.110. The Labute approximate surface area is 199 Å². The maximum Gasteiger partial charge on any atom is 0.318 e. The summed E-state index contributed by atoms with van der Waals surface area (Å²) < 4.78 is 19.9. The molecule has 0 unspecified atom stereocenters. The first-order valence-electron chi connectivity index (χ1n) is 11.6. The molecule has 2 heterocycles. The lowest BCUT2D eigenvalue weighted by Gasteiger charge is -2.37. The summed E-state index contributed by atoms with van der Waals surface area (Å²) in [6, 6.07) is 7.71. The van der Waals surface area contributed by atoms with Crippen LogP contribution in [-0.4, -0.2) is 54.0 Å². The van der Waals surface area contributed by atoms with Crippen LogP contribution >= 0.6 is 11.3 Å². The average molecular weight is 476 g/mol. The minimum Gasteiger partial charge on any atom is -0.488 e. The van der Waals surface area contributed by atoms with E-state index in [4.69, 9.17) is 4.74 Å². The second-order valence-electron chi connectivity index (χ2n) is 8.89. The van der Waals surface area contributed by atoms with Gasteiger partial charge in [0, 0.05) is 24.0 Å². The summed E-state index contributed by atoms with van der Waals surface area (Å²) in [4.78, 5) is 30.9. The molecule has 6 nitrogen and oxygen atoms in total. The second-order valence-corrected chi connectivity index (χ2v) is 9.89. The summed E-state index contributed by atoms with van der Waals surface area (Å²) in [6.07, 6.45) is 1.68. The molecule has 180 valence electrons. The number of nitrogens with zero attached hydrogens (tertiary/aromatic N) is 2. The molecule has 1 aliphatic rings. The fourth-order valence-corrected chi connectivity index (χ4v) is 4.85. The van der Waals surface area contributed by atoms with E-state index in [9.17, 15) is 14.0 Å². The van der Waals surface area contributed by atoms with Gasteiger partial charge in [-0.1, -0.05) is 32.4 Å². The molecule has 0 saturated carbocycles. The van der Waals surface area contributed by atoms with Crippen molar-refractivity contribution in [2.75, 3.05) is 26.2 Å². The maximum absolute atomic E-state index is 14.1. The molecular weight excluding hydrogens is 441 g/mol. The predicted octanol–water partition coefficient (Wildman–Crippen LogP) is 4.86. The topological polar surface area (TPSA) is 61.9 Å². The minimum atomic E-state index is -0.429. The Morgan fingerprint density at radius 3 is 2.73 bits per heavy atom. The normalized spacial score (nSPS) is 16.3. The van der Waals surface area contributed by atoms with Crippen LogP contribution in [0.15, 0.2) is 35.7 Å². The quantitative estimate of drug-likeness (QED) is 0.564. The summed E-state index contributed by atoms with van der Waals surface area (Å²) >= 11 is 1.66. The van der Waals surface area contributed by atoms with Crippen LogP contribution < -0.4 is 10.1 Å². The lowest BCUT2D eigenvalue weighted by Crippen LogP contribution is -2.51. The fourth-order valence-electron chi connectivity index (χ4n) is 3.92. The Morgan fingerprint density at radius 1 is 1.27 bits per heavy atom. The van der Waals surface area contributed by atoms with Crippen molar-refractivity contribution >= 4 is 23.3 Å². The number of nitrogens with one attached hydrogen (secondary N) is 1. The molecule has 1 aliphatic heterocycles. The van der Waals surface area contributed by atoms with Gasteiger partial charge in [0.25, 0.3) is 0 Å². The van der Waals surface area contributed by atoms with Gasteiger partial charge in [-0.3, -0.25) is 4.79 Å². The number of benzene rings is 1. The molecule has 0 saturated heterocycles. The van der Waals surface area contributed by atoms with Crippen LogP contribution in [0.4, 0.5) is 9.18 Å². The number of halogens is 1. The van der Waals surface area contributed by atoms with E-state index in [2.05, 4.69) is 19.2 Å². The van der Waals surface area contributed by atoms with E-state index in [0.717, 1.165) is 18.4 Å². The number of hydrogen-bond donors (Lipinski definition) is 1. The molecule has 0 fully saturated rings. The third-order valence-corrected chi connectivity index (χ3v) is 6.90. The van der Waals surface area contributed by atoms with Gasteiger partial charge in [-0.25, -0.2) is 9.18 Å². The summed E-state index contributed by atoms with van der Waals surface area (Å²) in [7, 11) is 0. The smallest absolute Gasteiger partial charge is 0.318 e. The van der Waals surface area contributed by atoms with Gasteiger partial charge in [0.1, 0.15) is 13.2 Å². The minimum absolute atomic E-state index is 0.00143. The lowest BCUT2D eigenvalue weighted by atomic mass is 10.00. The van der Waals surface area contributed by atoms with Crippen LogP contribution in [0.25, 0.3) is 0 Å². The second kappa shape index (κ2) is 11.5. The number of hydrogen-bond acceptors (Lipinski definition) is 4. The molecule has 0 aliphatic carbocycles. The van der Waals surface area contributed by atoms with E-state index >= 15 is 0 Å². The van der Waals surface area contributed by atoms with Crippen LogP contribution in [-0.2, 0) is 11.2 Å². The molecule has 2 aromatic rings. The number of fused-ring (bicyclic) bond motifs is 1. The zero-order valence-electron chi connectivity index (χ0n) is 19.8. The van der Waals surface area contributed by atoms with Gasteiger partial charge in [-0.05, 0) is 55.3 Å². The molecule has 2 atom stereocenters. The summed E-state index contributed by atoms with van der Waals surface area (Å²) in [5.41, 5.74) is 1.04. The zero-order chi connectivity index (χ0) is 24.0. The Morgan fingerprint density at radius 2 is 2.03 bits per heavy atom. The molecule has 1 N–H and O–H groups in total. The Balaban J connectivity index is 1.78. The van der Waals surface area contributed by atoms with E-state index < -0.39 is 5.82 Å². The molecule has 8 heteroatoms. The molecule has 1 aromatic carbocycles. The molecular formula is C25H34FN3O3S. The Hall–Kier alpha value is -2.61. The van der Waals surface area contributed by atoms with Crippen molar-refractivity contribution in [3.05, 3.63) is 52.0 Å². The Kier molecular flexibility index (Phi) is 8.72. The first kappa shape index (κ1) is 25.0. The van der Waals surface area contributed by atoms with Crippen LogP contribution in [0, 0.1) is 11.7 Å². The number of carbonyl (C=O) groups excluding carboxylic acids is 2. The Bertz CT molecular complexity index is 948.